The van der Waals surface area contributed by atoms with Crippen molar-refractivity contribution >= 4 is 5.97 Å². The van der Waals surface area contributed by atoms with Gasteiger partial charge in [-0.2, -0.15) is 0 Å². The first-order valence-corrected chi connectivity index (χ1v) is 11.9. The van der Waals surface area contributed by atoms with Crippen molar-refractivity contribution in [2.75, 3.05) is 13.2 Å². The first kappa shape index (κ1) is 26.3. The van der Waals surface area contributed by atoms with Crippen molar-refractivity contribution in [1.82, 2.24) is 0 Å². The Morgan fingerprint density at radius 1 is 0.862 bits per heavy atom. The van der Waals surface area contributed by atoms with Crippen molar-refractivity contribution in [2.24, 2.45) is 0 Å². The Kier molecular flexibility index (Phi) is 15.5. The lowest BCUT2D eigenvalue weighted by molar-refractivity contribution is -0.213. The second-order valence-electron chi connectivity index (χ2n) is 8.41. The van der Waals surface area contributed by atoms with Gasteiger partial charge in [0.2, 0.25) is 0 Å². The Morgan fingerprint density at radius 3 is 1.83 bits per heavy atom. The zero-order valence-electron chi connectivity index (χ0n) is 18.4. The van der Waals surface area contributed by atoms with Crippen LogP contribution < -0.4 is 0 Å². The van der Waals surface area contributed by atoms with E-state index in [2.05, 4.69) is 6.92 Å². The predicted molar refractivity (Wildman–Crippen MR) is 114 cm³/mol. The number of ether oxygens (including phenoxy) is 2. The molecule has 1 saturated heterocycles. The Hall–Kier alpha value is -0.690. The van der Waals surface area contributed by atoms with Gasteiger partial charge in [0.25, 0.3) is 0 Å². The van der Waals surface area contributed by atoms with E-state index in [1.54, 1.807) is 0 Å². The molecule has 6 nitrogen and oxygen atoms in total. The van der Waals surface area contributed by atoms with Crippen LogP contribution in [0.15, 0.2) is 0 Å². The van der Waals surface area contributed by atoms with Gasteiger partial charge in [0.15, 0.2) is 6.10 Å². The van der Waals surface area contributed by atoms with Crippen LogP contribution in [0.5, 0.6) is 0 Å². The van der Waals surface area contributed by atoms with Crippen molar-refractivity contribution in [1.29, 1.82) is 0 Å². The molecule has 0 amide bonds. The molecule has 29 heavy (non-hydrogen) atoms. The van der Waals surface area contributed by atoms with E-state index in [1.807, 2.05) is 0 Å². The predicted octanol–water partition coefficient (Wildman–Crippen LogP) is 3.88. The van der Waals surface area contributed by atoms with E-state index in [0.29, 0.717) is 0 Å². The van der Waals surface area contributed by atoms with Crippen LogP contribution in [0.2, 0.25) is 0 Å². The first-order chi connectivity index (χ1) is 14.1. The Morgan fingerprint density at radius 2 is 1.34 bits per heavy atom. The molecule has 0 saturated carbocycles. The van der Waals surface area contributed by atoms with E-state index in [0.717, 1.165) is 19.3 Å². The van der Waals surface area contributed by atoms with Gasteiger partial charge in [0.05, 0.1) is 13.2 Å². The highest BCUT2D eigenvalue weighted by atomic mass is 16.6. The number of aliphatic hydroxyl groups is 3. The minimum Gasteiger partial charge on any atom is -0.457 e. The average Bonchev–Trinajstić information content (AvgIpc) is 2.72. The van der Waals surface area contributed by atoms with Crippen LogP contribution in [0, 0.1) is 0 Å². The Labute approximate surface area is 177 Å². The molecule has 0 aromatic heterocycles. The van der Waals surface area contributed by atoms with Gasteiger partial charge in [-0.25, -0.2) is 0 Å². The van der Waals surface area contributed by atoms with Crippen LogP contribution in [-0.2, 0) is 14.3 Å². The fourth-order valence-electron chi connectivity index (χ4n) is 3.83. The van der Waals surface area contributed by atoms with Crippen molar-refractivity contribution in [3.05, 3.63) is 0 Å². The molecule has 0 aromatic rings. The highest BCUT2D eigenvalue weighted by molar-refractivity contribution is 5.69. The molecule has 0 spiro atoms. The molecule has 0 aliphatic carbocycles. The summed E-state index contributed by atoms with van der Waals surface area (Å²) < 4.78 is 10.5. The van der Waals surface area contributed by atoms with Gasteiger partial charge in [0.1, 0.15) is 18.3 Å². The number of hydrogen-bond acceptors (Lipinski definition) is 6. The van der Waals surface area contributed by atoms with Crippen molar-refractivity contribution in [3.63, 3.8) is 0 Å². The monoisotopic (exact) mass is 416 g/mol. The molecule has 1 fully saturated rings. The highest BCUT2D eigenvalue weighted by Gasteiger charge is 2.41. The minimum atomic E-state index is -1.22. The summed E-state index contributed by atoms with van der Waals surface area (Å²) in [6.45, 7) is 1.82. The summed E-state index contributed by atoms with van der Waals surface area (Å²) in [4.78, 5) is 12.0. The number of carbonyl (C=O) groups is 1. The molecule has 1 heterocycles. The molecule has 6 heteroatoms. The first-order valence-electron chi connectivity index (χ1n) is 11.9. The van der Waals surface area contributed by atoms with Crippen molar-refractivity contribution in [3.8, 4) is 0 Å². The van der Waals surface area contributed by atoms with Crippen LogP contribution in [0.4, 0.5) is 0 Å². The SMILES string of the molecule is CCCCCCCCCCCCCCCCC(=O)O[C@H]1[C@H](O)[C@H](O)CO[C@@H]1CO. The molecule has 1 aliphatic rings. The van der Waals surface area contributed by atoms with Gasteiger partial charge in [-0.05, 0) is 6.42 Å². The zero-order chi connectivity index (χ0) is 21.3. The van der Waals surface area contributed by atoms with E-state index in [-0.39, 0.29) is 19.6 Å². The molecule has 0 radical (unpaired) electrons. The molecule has 1 aliphatic heterocycles. The third-order valence-corrected chi connectivity index (χ3v) is 5.76. The zero-order valence-corrected chi connectivity index (χ0v) is 18.4. The maximum absolute atomic E-state index is 12.0. The van der Waals surface area contributed by atoms with E-state index in [4.69, 9.17) is 9.47 Å². The molecular formula is C23H44O6. The molecule has 1 rings (SSSR count). The second kappa shape index (κ2) is 17.0. The van der Waals surface area contributed by atoms with Gasteiger partial charge >= 0.3 is 5.97 Å². The van der Waals surface area contributed by atoms with E-state index >= 15 is 0 Å². The average molecular weight is 417 g/mol. The topological polar surface area (TPSA) is 96.2 Å². The summed E-state index contributed by atoms with van der Waals surface area (Å²) in [6, 6.07) is 0. The number of esters is 1. The Bertz CT molecular complexity index is 401. The molecule has 0 bridgehead atoms. The van der Waals surface area contributed by atoms with E-state index in [9.17, 15) is 20.1 Å². The van der Waals surface area contributed by atoms with Crippen LogP contribution >= 0.6 is 0 Å². The summed E-state index contributed by atoms with van der Waals surface area (Å²) >= 11 is 0. The lowest BCUT2D eigenvalue weighted by Gasteiger charge is -2.36. The molecule has 4 atom stereocenters. The van der Waals surface area contributed by atoms with Crippen LogP contribution in [-0.4, -0.2) is 58.9 Å². The number of aliphatic hydroxyl groups excluding tert-OH is 3. The normalized spacial score (nSPS) is 24.6. The molecule has 0 unspecified atom stereocenters. The Balaban J connectivity index is 1.95. The number of hydrogen-bond donors (Lipinski definition) is 3. The summed E-state index contributed by atoms with van der Waals surface area (Å²) in [5.41, 5.74) is 0. The van der Waals surface area contributed by atoms with E-state index < -0.39 is 30.4 Å². The van der Waals surface area contributed by atoms with E-state index in [1.165, 1.54) is 70.6 Å². The fraction of sp³-hybridized carbons (Fsp3) is 0.957. The number of unbranched alkanes of at least 4 members (excludes halogenated alkanes) is 13. The molecule has 0 aromatic carbocycles. The maximum atomic E-state index is 12.0. The second-order valence-corrected chi connectivity index (χ2v) is 8.41. The van der Waals surface area contributed by atoms with Gasteiger partial charge < -0.3 is 24.8 Å². The maximum Gasteiger partial charge on any atom is 0.306 e. The molecule has 3 N–H and O–H groups in total. The van der Waals surface area contributed by atoms with Crippen LogP contribution in [0.3, 0.4) is 0 Å². The van der Waals surface area contributed by atoms with Gasteiger partial charge in [-0.1, -0.05) is 90.4 Å². The lowest BCUT2D eigenvalue weighted by atomic mass is 10.0. The van der Waals surface area contributed by atoms with Gasteiger partial charge in [-0.15, -0.1) is 0 Å². The van der Waals surface area contributed by atoms with Gasteiger partial charge in [0, 0.05) is 6.42 Å². The van der Waals surface area contributed by atoms with Crippen molar-refractivity contribution in [2.45, 2.75) is 128 Å². The summed E-state index contributed by atoms with van der Waals surface area (Å²) in [7, 11) is 0. The largest absolute Gasteiger partial charge is 0.457 e. The standard InChI is InChI=1S/C23H44O6/c1-2-3-4-5-6-7-8-9-10-11-12-13-14-15-16-21(26)29-23-20(17-24)28-18-19(25)22(23)27/h19-20,22-25,27H,2-18H2,1H3/t19-,20-,22-,23-/m1/s1. The third kappa shape index (κ3) is 11.9. The smallest absolute Gasteiger partial charge is 0.306 e. The molecule has 172 valence electrons. The summed E-state index contributed by atoms with van der Waals surface area (Å²) in [5, 5.41) is 28.9. The summed E-state index contributed by atoms with van der Waals surface area (Å²) in [5.74, 6) is -0.413. The minimum absolute atomic E-state index is 0.0700. The fourth-order valence-corrected chi connectivity index (χ4v) is 3.83. The third-order valence-electron chi connectivity index (χ3n) is 5.76. The van der Waals surface area contributed by atoms with Crippen LogP contribution in [0.25, 0.3) is 0 Å². The highest BCUT2D eigenvalue weighted by Crippen LogP contribution is 2.20. The lowest BCUT2D eigenvalue weighted by Crippen LogP contribution is -2.55. The quantitative estimate of drug-likeness (QED) is 0.246. The molecular weight excluding hydrogens is 372 g/mol. The number of rotatable bonds is 17. The summed E-state index contributed by atoms with van der Waals surface area (Å²) in [6.07, 6.45) is 13.8. The van der Waals surface area contributed by atoms with Crippen molar-refractivity contribution < 1.29 is 29.6 Å². The number of carbonyl (C=O) groups excluding carboxylic acids is 1. The van der Waals surface area contributed by atoms with Crippen LogP contribution in [0.1, 0.15) is 103 Å². The van der Waals surface area contributed by atoms with Gasteiger partial charge in [-0.3, -0.25) is 4.79 Å².